The lowest BCUT2D eigenvalue weighted by atomic mass is 10.2. The Morgan fingerprint density at radius 3 is 2.62 bits per heavy atom. The number of hydrogen-bond acceptors (Lipinski definition) is 5. The lowest BCUT2D eigenvalue weighted by molar-refractivity contribution is -0.491. The van der Waals surface area contributed by atoms with E-state index in [1.807, 2.05) is 0 Å². The van der Waals surface area contributed by atoms with E-state index in [2.05, 4.69) is 5.32 Å². The lowest BCUT2D eigenvalue weighted by Gasteiger charge is -2.21. The van der Waals surface area contributed by atoms with Gasteiger partial charge in [-0.05, 0) is 24.3 Å². The smallest absolute Gasteiger partial charge is 0.346 e. The van der Waals surface area contributed by atoms with Crippen LogP contribution in [0.3, 0.4) is 0 Å². The third kappa shape index (κ3) is 3.80. The molecule has 0 unspecified atom stereocenters. The van der Waals surface area contributed by atoms with Crippen molar-refractivity contribution >= 4 is 11.7 Å². The molecule has 2 N–H and O–H groups in total. The molecule has 0 aliphatic rings. The maximum Gasteiger partial charge on any atom is 0.346 e. The third-order valence-corrected chi connectivity index (χ3v) is 2.72. The number of rotatable bonds is 5. The van der Waals surface area contributed by atoms with Crippen molar-refractivity contribution in [2.75, 3.05) is 11.9 Å². The van der Waals surface area contributed by atoms with Crippen molar-refractivity contribution in [2.24, 2.45) is 0 Å². The largest absolute Gasteiger partial charge is 0.467 e. The number of anilines is 1. The normalized spacial score (nSPS) is 11.7. The third-order valence-electron chi connectivity index (χ3n) is 2.72. The zero-order valence-electron chi connectivity index (χ0n) is 10.9. The second-order valence-corrected chi connectivity index (χ2v) is 4.19. The van der Waals surface area contributed by atoms with Crippen LogP contribution in [0.25, 0.3) is 0 Å². The number of furan rings is 1. The highest BCUT2D eigenvalue weighted by Gasteiger charge is 2.31. The van der Waals surface area contributed by atoms with Crippen molar-refractivity contribution in [3.63, 3.8) is 0 Å². The number of para-hydroxylation sites is 1. The average Bonchev–Trinajstić information content (AvgIpc) is 2.99. The molecule has 1 aromatic heterocycles. The molecule has 8 nitrogen and oxygen atoms in total. The molecular weight excluding hydrogens is 278 g/mol. The van der Waals surface area contributed by atoms with E-state index in [-0.39, 0.29) is 10.8 Å². The predicted molar refractivity (Wildman–Crippen MR) is 72.4 cm³/mol. The summed E-state index contributed by atoms with van der Waals surface area (Å²) in [4.78, 5) is 22.0. The summed E-state index contributed by atoms with van der Waals surface area (Å²) >= 11 is 0. The van der Waals surface area contributed by atoms with E-state index >= 15 is 0 Å². The topological polar surface area (TPSA) is 109 Å². The average molecular weight is 291 g/mol. The van der Waals surface area contributed by atoms with E-state index in [0.29, 0.717) is 5.69 Å². The second-order valence-electron chi connectivity index (χ2n) is 4.19. The van der Waals surface area contributed by atoms with Crippen LogP contribution in [-0.4, -0.2) is 27.8 Å². The first-order valence-electron chi connectivity index (χ1n) is 6.07. The number of urea groups is 1. The van der Waals surface area contributed by atoms with Crippen molar-refractivity contribution in [3.8, 4) is 0 Å². The molecule has 110 valence electrons. The monoisotopic (exact) mass is 291 g/mol. The molecule has 0 spiro atoms. The summed E-state index contributed by atoms with van der Waals surface area (Å²) in [7, 11) is 0. The van der Waals surface area contributed by atoms with Crippen LogP contribution in [0.1, 0.15) is 11.8 Å². The Morgan fingerprint density at radius 2 is 2.05 bits per heavy atom. The SMILES string of the molecule is O=C(Nc1ccccc1)N(O)[C@@H](C[N+](=O)[O-])c1ccco1. The molecule has 1 heterocycles. The van der Waals surface area contributed by atoms with Gasteiger partial charge < -0.3 is 9.73 Å². The second kappa shape index (κ2) is 6.53. The molecule has 2 amide bonds. The first-order chi connectivity index (χ1) is 10.1. The van der Waals surface area contributed by atoms with E-state index in [4.69, 9.17) is 4.42 Å². The number of nitro groups is 1. The lowest BCUT2D eigenvalue weighted by Crippen LogP contribution is -2.38. The Hall–Kier alpha value is -2.87. The minimum atomic E-state index is -1.21. The molecule has 0 radical (unpaired) electrons. The molecule has 2 rings (SSSR count). The zero-order valence-corrected chi connectivity index (χ0v) is 10.9. The molecule has 2 aromatic rings. The highest BCUT2D eigenvalue weighted by atomic mass is 16.6. The van der Waals surface area contributed by atoms with Crippen molar-refractivity contribution in [2.45, 2.75) is 6.04 Å². The number of amides is 2. The maximum absolute atomic E-state index is 11.9. The Bertz CT molecular complexity index is 600. The van der Waals surface area contributed by atoms with Crippen molar-refractivity contribution in [1.29, 1.82) is 0 Å². The summed E-state index contributed by atoms with van der Waals surface area (Å²) in [5, 5.41) is 23.3. The Morgan fingerprint density at radius 1 is 1.33 bits per heavy atom. The quantitative estimate of drug-likeness (QED) is 0.500. The molecule has 0 fully saturated rings. The summed E-state index contributed by atoms with van der Waals surface area (Å²) in [5.74, 6) is 0.123. The van der Waals surface area contributed by atoms with Crippen molar-refractivity contribution in [1.82, 2.24) is 5.06 Å². The number of carbonyl (C=O) groups excluding carboxylic acids is 1. The fourth-order valence-electron chi connectivity index (χ4n) is 1.75. The van der Waals surface area contributed by atoms with Gasteiger partial charge in [0.15, 0.2) is 6.04 Å². The number of benzene rings is 1. The van der Waals surface area contributed by atoms with Gasteiger partial charge in [0, 0.05) is 10.6 Å². The first kappa shape index (κ1) is 14.5. The van der Waals surface area contributed by atoms with Crippen LogP contribution in [0, 0.1) is 10.1 Å². The van der Waals surface area contributed by atoms with Crippen LogP contribution in [0.15, 0.2) is 53.1 Å². The number of nitrogens with zero attached hydrogens (tertiary/aromatic N) is 2. The summed E-state index contributed by atoms with van der Waals surface area (Å²) in [6, 6.07) is 9.31. The van der Waals surface area contributed by atoms with Gasteiger partial charge in [-0.3, -0.25) is 15.3 Å². The minimum absolute atomic E-state index is 0.123. The maximum atomic E-state index is 11.9. The summed E-state index contributed by atoms with van der Waals surface area (Å²) in [5.41, 5.74) is 0.459. The molecule has 8 heteroatoms. The highest BCUT2D eigenvalue weighted by molar-refractivity contribution is 5.88. The predicted octanol–water partition coefficient (Wildman–Crippen LogP) is 2.52. The van der Waals surface area contributed by atoms with Gasteiger partial charge in [-0.25, -0.2) is 4.79 Å². The highest BCUT2D eigenvalue weighted by Crippen LogP contribution is 2.21. The van der Waals surface area contributed by atoms with Crippen molar-refractivity contribution < 1.29 is 19.3 Å². The molecule has 0 aliphatic carbocycles. The molecule has 0 saturated carbocycles. The number of hydrogen-bond donors (Lipinski definition) is 2. The zero-order chi connectivity index (χ0) is 15.2. The Kier molecular flexibility index (Phi) is 4.52. The fourth-order valence-corrected chi connectivity index (χ4v) is 1.75. The van der Waals surface area contributed by atoms with E-state index in [1.54, 1.807) is 30.3 Å². The van der Waals surface area contributed by atoms with Crippen LogP contribution in [-0.2, 0) is 0 Å². The Balaban J connectivity index is 2.12. The molecule has 1 atom stereocenters. The van der Waals surface area contributed by atoms with Gasteiger partial charge >= 0.3 is 6.03 Å². The van der Waals surface area contributed by atoms with E-state index in [9.17, 15) is 20.1 Å². The Labute approximate surface area is 119 Å². The van der Waals surface area contributed by atoms with Crippen LogP contribution >= 0.6 is 0 Å². The van der Waals surface area contributed by atoms with Gasteiger partial charge in [0.25, 0.3) is 0 Å². The van der Waals surface area contributed by atoms with Crippen LogP contribution in [0.2, 0.25) is 0 Å². The molecule has 0 bridgehead atoms. The van der Waals surface area contributed by atoms with Gasteiger partial charge in [-0.15, -0.1) is 0 Å². The molecular formula is C13H13N3O5. The summed E-state index contributed by atoms with van der Waals surface area (Å²) in [6.07, 6.45) is 1.31. The van der Waals surface area contributed by atoms with E-state index in [1.165, 1.54) is 18.4 Å². The van der Waals surface area contributed by atoms with Crippen molar-refractivity contribution in [3.05, 3.63) is 64.6 Å². The standard InChI is InChI=1S/C13H13N3O5/c17-13(14-10-5-2-1-3-6-10)16(20)11(9-15(18)19)12-7-4-8-21-12/h1-8,11,20H,9H2,(H,14,17)/t11-/m0/s1. The van der Waals surface area contributed by atoms with Gasteiger partial charge in [0.05, 0.1) is 6.26 Å². The first-order valence-corrected chi connectivity index (χ1v) is 6.07. The van der Waals surface area contributed by atoms with Crippen LogP contribution in [0.5, 0.6) is 0 Å². The van der Waals surface area contributed by atoms with Crippen LogP contribution < -0.4 is 5.32 Å². The number of carbonyl (C=O) groups is 1. The molecule has 1 aromatic carbocycles. The van der Waals surface area contributed by atoms with Crippen LogP contribution in [0.4, 0.5) is 10.5 Å². The van der Waals surface area contributed by atoms with Gasteiger partial charge in [-0.1, -0.05) is 18.2 Å². The number of hydroxylamine groups is 2. The van der Waals surface area contributed by atoms with E-state index in [0.717, 1.165) is 0 Å². The van der Waals surface area contributed by atoms with Gasteiger partial charge in [-0.2, -0.15) is 5.06 Å². The number of nitrogens with one attached hydrogen (secondary N) is 1. The minimum Gasteiger partial charge on any atom is -0.467 e. The molecule has 0 aliphatic heterocycles. The summed E-state index contributed by atoms with van der Waals surface area (Å²) in [6.45, 7) is -0.674. The van der Waals surface area contributed by atoms with E-state index < -0.39 is 23.5 Å². The fraction of sp³-hybridized carbons (Fsp3) is 0.154. The van der Waals surface area contributed by atoms with Gasteiger partial charge in [0.1, 0.15) is 5.76 Å². The van der Waals surface area contributed by atoms with Gasteiger partial charge in [0.2, 0.25) is 6.54 Å². The molecule has 21 heavy (non-hydrogen) atoms. The molecule has 0 saturated heterocycles. The summed E-state index contributed by atoms with van der Waals surface area (Å²) < 4.78 is 5.03.